The molecule has 2 fully saturated rings. The summed E-state index contributed by atoms with van der Waals surface area (Å²) in [5.74, 6) is 2.09. The van der Waals surface area contributed by atoms with Crippen LogP contribution >= 0.6 is 0 Å². The van der Waals surface area contributed by atoms with Crippen molar-refractivity contribution in [3.8, 4) is 0 Å². The second-order valence-corrected chi connectivity index (χ2v) is 6.25. The predicted molar refractivity (Wildman–Crippen MR) is 74.7 cm³/mol. The van der Waals surface area contributed by atoms with Crippen molar-refractivity contribution in [1.82, 2.24) is 4.90 Å². The number of nitrogens with zero attached hydrogens (tertiary/aromatic N) is 1. The molecule has 0 spiro atoms. The average molecular weight is 242 g/mol. The van der Waals surface area contributed by atoms with Crippen LogP contribution in [0.3, 0.4) is 0 Å². The number of rotatable bonds is 3. The Kier molecular flexibility index (Phi) is 2.58. The SMILES string of the molecule is c1cc2c(c(CN3CCC(C4CC4)C3)c1)NCC2. The number of hydrogen-bond acceptors (Lipinski definition) is 2. The summed E-state index contributed by atoms with van der Waals surface area (Å²) < 4.78 is 0. The molecule has 96 valence electrons. The van der Waals surface area contributed by atoms with Gasteiger partial charge < -0.3 is 5.32 Å². The Morgan fingerprint density at radius 3 is 3.00 bits per heavy atom. The van der Waals surface area contributed by atoms with Crippen molar-refractivity contribution in [2.45, 2.75) is 32.2 Å². The maximum Gasteiger partial charge on any atom is 0.0419 e. The van der Waals surface area contributed by atoms with Crippen LogP contribution in [-0.2, 0) is 13.0 Å². The van der Waals surface area contributed by atoms with Crippen LogP contribution in [0.25, 0.3) is 0 Å². The number of para-hydroxylation sites is 1. The first-order valence-electron chi connectivity index (χ1n) is 7.47. The minimum Gasteiger partial charge on any atom is -0.384 e. The fraction of sp³-hybridized carbons (Fsp3) is 0.625. The van der Waals surface area contributed by atoms with E-state index in [-0.39, 0.29) is 0 Å². The highest BCUT2D eigenvalue weighted by Crippen LogP contribution is 2.41. The highest BCUT2D eigenvalue weighted by molar-refractivity contribution is 5.61. The van der Waals surface area contributed by atoms with Crippen molar-refractivity contribution in [1.29, 1.82) is 0 Å². The third-order valence-corrected chi connectivity index (χ3v) is 4.92. The Labute approximate surface area is 109 Å². The Morgan fingerprint density at radius 2 is 2.11 bits per heavy atom. The molecule has 18 heavy (non-hydrogen) atoms. The molecule has 0 aromatic heterocycles. The van der Waals surface area contributed by atoms with Gasteiger partial charge in [0.05, 0.1) is 0 Å². The van der Waals surface area contributed by atoms with Crippen LogP contribution in [0.15, 0.2) is 18.2 Å². The van der Waals surface area contributed by atoms with E-state index in [1.54, 1.807) is 0 Å². The van der Waals surface area contributed by atoms with Gasteiger partial charge in [-0.25, -0.2) is 0 Å². The first-order chi connectivity index (χ1) is 8.90. The summed E-state index contributed by atoms with van der Waals surface area (Å²) >= 11 is 0. The van der Waals surface area contributed by atoms with Crippen LogP contribution in [0.4, 0.5) is 5.69 Å². The Morgan fingerprint density at radius 1 is 1.17 bits per heavy atom. The largest absolute Gasteiger partial charge is 0.384 e. The van der Waals surface area contributed by atoms with Gasteiger partial charge in [-0.3, -0.25) is 4.90 Å². The summed E-state index contributed by atoms with van der Waals surface area (Å²) in [6.07, 6.45) is 5.64. The molecule has 0 radical (unpaired) electrons. The van der Waals surface area contributed by atoms with Gasteiger partial charge in [-0.1, -0.05) is 18.2 Å². The smallest absolute Gasteiger partial charge is 0.0419 e. The standard InChI is InChI=1S/C16H22N2/c1-2-13-6-8-17-16(13)15(3-1)11-18-9-7-14(10-18)12-4-5-12/h1-3,12,14,17H,4-11H2. The molecule has 1 saturated carbocycles. The molecule has 1 saturated heterocycles. The molecule has 1 aromatic rings. The lowest BCUT2D eigenvalue weighted by atomic mass is 10.0. The quantitative estimate of drug-likeness (QED) is 0.876. The van der Waals surface area contributed by atoms with Crippen molar-refractivity contribution in [2.75, 3.05) is 25.0 Å². The normalized spacial score (nSPS) is 27.2. The zero-order chi connectivity index (χ0) is 11.9. The Hall–Kier alpha value is -1.02. The van der Waals surface area contributed by atoms with Gasteiger partial charge in [-0.05, 0) is 55.2 Å². The highest BCUT2D eigenvalue weighted by Gasteiger charge is 2.35. The van der Waals surface area contributed by atoms with Crippen molar-refractivity contribution in [2.24, 2.45) is 11.8 Å². The topological polar surface area (TPSA) is 15.3 Å². The van der Waals surface area contributed by atoms with Gasteiger partial charge >= 0.3 is 0 Å². The fourth-order valence-corrected chi connectivity index (χ4v) is 3.74. The fourth-order valence-electron chi connectivity index (χ4n) is 3.74. The van der Waals surface area contributed by atoms with E-state index in [9.17, 15) is 0 Å². The van der Waals surface area contributed by atoms with Crippen LogP contribution in [0.1, 0.15) is 30.4 Å². The third kappa shape index (κ3) is 1.93. The summed E-state index contributed by atoms with van der Waals surface area (Å²) in [4.78, 5) is 2.67. The van der Waals surface area contributed by atoms with Crippen LogP contribution < -0.4 is 5.32 Å². The minimum atomic E-state index is 1.01. The molecule has 0 amide bonds. The van der Waals surface area contributed by atoms with E-state index in [0.29, 0.717) is 0 Å². The van der Waals surface area contributed by atoms with E-state index in [4.69, 9.17) is 0 Å². The first-order valence-corrected chi connectivity index (χ1v) is 7.47. The van der Waals surface area contributed by atoms with Gasteiger partial charge in [-0.15, -0.1) is 0 Å². The predicted octanol–water partition coefficient (Wildman–Crippen LogP) is 2.89. The summed E-state index contributed by atoms with van der Waals surface area (Å²) in [6, 6.07) is 6.81. The lowest BCUT2D eigenvalue weighted by molar-refractivity contribution is 0.310. The van der Waals surface area contributed by atoms with E-state index in [1.165, 1.54) is 55.6 Å². The summed E-state index contributed by atoms with van der Waals surface area (Å²) in [7, 11) is 0. The second-order valence-electron chi connectivity index (χ2n) is 6.25. The van der Waals surface area contributed by atoms with Crippen LogP contribution in [0.5, 0.6) is 0 Å². The maximum atomic E-state index is 3.56. The van der Waals surface area contributed by atoms with E-state index in [2.05, 4.69) is 28.4 Å². The third-order valence-electron chi connectivity index (χ3n) is 4.92. The summed E-state index contributed by atoms with van der Waals surface area (Å²) in [5, 5.41) is 3.56. The molecule has 2 heteroatoms. The Balaban J connectivity index is 1.47. The van der Waals surface area contributed by atoms with Crippen molar-refractivity contribution in [3.05, 3.63) is 29.3 Å². The zero-order valence-electron chi connectivity index (χ0n) is 11.0. The van der Waals surface area contributed by atoms with Crippen molar-refractivity contribution >= 4 is 5.69 Å². The van der Waals surface area contributed by atoms with Gasteiger partial charge in [0.2, 0.25) is 0 Å². The lowest BCUT2D eigenvalue weighted by Crippen LogP contribution is -2.21. The van der Waals surface area contributed by atoms with E-state index < -0.39 is 0 Å². The van der Waals surface area contributed by atoms with Crippen LogP contribution in [0, 0.1) is 11.8 Å². The minimum absolute atomic E-state index is 1.01. The highest BCUT2D eigenvalue weighted by atomic mass is 15.1. The van der Waals surface area contributed by atoms with Crippen molar-refractivity contribution in [3.63, 3.8) is 0 Å². The number of likely N-dealkylation sites (tertiary alicyclic amines) is 1. The van der Waals surface area contributed by atoms with Gasteiger partial charge in [0.15, 0.2) is 0 Å². The summed E-state index contributed by atoms with van der Waals surface area (Å²) in [6.45, 7) is 4.93. The molecule has 2 heterocycles. The van der Waals surface area contributed by atoms with E-state index in [0.717, 1.165) is 24.9 Å². The molecule has 1 atom stereocenters. The molecule has 1 aliphatic carbocycles. The number of nitrogens with one attached hydrogen (secondary N) is 1. The monoisotopic (exact) mass is 242 g/mol. The number of anilines is 1. The maximum absolute atomic E-state index is 3.56. The molecule has 4 rings (SSSR count). The molecule has 2 nitrogen and oxygen atoms in total. The van der Waals surface area contributed by atoms with Gasteiger partial charge in [0.25, 0.3) is 0 Å². The van der Waals surface area contributed by atoms with Crippen LogP contribution in [-0.4, -0.2) is 24.5 Å². The lowest BCUT2D eigenvalue weighted by Gasteiger charge is -2.18. The number of fused-ring (bicyclic) bond motifs is 1. The van der Waals surface area contributed by atoms with Gasteiger partial charge in [0, 0.05) is 25.3 Å². The van der Waals surface area contributed by atoms with Gasteiger partial charge in [0.1, 0.15) is 0 Å². The van der Waals surface area contributed by atoms with Crippen molar-refractivity contribution < 1.29 is 0 Å². The molecular formula is C16H22N2. The van der Waals surface area contributed by atoms with Gasteiger partial charge in [-0.2, -0.15) is 0 Å². The molecule has 1 N–H and O–H groups in total. The second kappa shape index (κ2) is 4.27. The molecule has 0 bridgehead atoms. The summed E-state index contributed by atoms with van der Waals surface area (Å²) in [5.41, 5.74) is 4.47. The van der Waals surface area contributed by atoms with Crippen LogP contribution in [0.2, 0.25) is 0 Å². The number of hydrogen-bond donors (Lipinski definition) is 1. The average Bonchev–Trinajstić information content (AvgIpc) is 2.94. The van der Waals surface area contributed by atoms with E-state index in [1.807, 2.05) is 0 Å². The molecule has 1 unspecified atom stereocenters. The van der Waals surface area contributed by atoms with E-state index >= 15 is 0 Å². The molecule has 2 aliphatic heterocycles. The molecular weight excluding hydrogens is 220 g/mol. The number of benzene rings is 1. The Bertz CT molecular complexity index is 450. The molecule has 3 aliphatic rings. The zero-order valence-corrected chi connectivity index (χ0v) is 11.0. The first kappa shape index (κ1) is 10.9. The molecule has 1 aromatic carbocycles.